The molecule has 0 aromatic rings. The molecule has 0 aromatic carbocycles. The zero-order valence-electron chi connectivity index (χ0n) is 54.5. The molecule has 17 nitrogen and oxygen atoms in total. The third kappa shape index (κ3) is 59.0. The number of carbonyl (C=O) groups is 4. The fourth-order valence-corrected chi connectivity index (χ4v) is 11.2. The molecule has 2 unspecified atom stereocenters. The maximum atomic E-state index is 13.0. The molecule has 0 spiro atoms. The van der Waals surface area contributed by atoms with Crippen LogP contribution in [0.2, 0.25) is 0 Å². The first-order valence-corrected chi connectivity index (χ1v) is 36.7. The van der Waals surface area contributed by atoms with Crippen LogP contribution in [-0.4, -0.2) is 96.7 Å². The summed E-state index contributed by atoms with van der Waals surface area (Å²) in [6.07, 6.45) is 35.1. The lowest BCUT2D eigenvalue weighted by Gasteiger charge is -2.21. The molecule has 0 amide bonds. The minimum Gasteiger partial charge on any atom is -0.462 e. The molecule has 84 heavy (non-hydrogen) atoms. The van der Waals surface area contributed by atoms with E-state index in [0.717, 1.165) is 108 Å². The number of esters is 4. The summed E-state index contributed by atoms with van der Waals surface area (Å²) in [4.78, 5) is 72.2. The lowest BCUT2D eigenvalue weighted by molar-refractivity contribution is -0.161. The molecular formula is C65H126O17P2. The Balaban J connectivity index is 5.24. The maximum Gasteiger partial charge on any atom is 0.472 e. The zero-order chi connectivity index (χ0) is 62.5. The number of phosphoric ester groups is 2. The van der Waals surface area contributed by atoms with Gasteiger partial charge in [-0.15, -0.1) is 0 Å². The van der Waals surface area contributed by atoms with Crippen LogP contribution in [0.5, 0.6) is 0 Å². The van der Waals surface area contributed by atoms with Crippen molar-refractivity contribution in [1.82, 2.24) is 0 Å². The highest BCUT2D eigenvalue weighted by atomic mass is 31.2. The number of unbranched alkanes of at least 4 members (excludes halogenated alkanes) is 28. The third-order valence-electron chi connectivity index (χ3n) is 14.8. The fourth-order valence-electron chi connectivity index (χ4n) is 9.61. The molecule has 0 saturated carbocycles. The molecule has 0 aromatic heterocycles. The van der Waals surface area contributed by atoms with Gasteiger partial charge in [-0.25, -0.2) is 9.13 Å². The Morgan fingerprint density at radius 1 is 0.298 bits per heavy atom. The van der Waals surface area contributed by atoms with Crippen LogP contribution in [0, 0.1) is 23.7 Å². The molecular weight excluding hydrogens is 1110 g/mol. The highest BCUT2D eigenvalue weighted by molar-refractivity contribution is 7.47. The molecule has 0 fully saturated rings. The Hall–Kier alpha value is -1.94. The van der Waals surface area contributed by atoms with Crippen LogP contribution < -0.4 is 0 Å². The van der Waals surface area contributed by atoms with E-state index in [-0.39, 0.29) is 25.7 Å². The van der Waals surface area contributed by atoms with Crippen LogP contribution in [0.4, 0.5) is 0 Å². The minimum absolute atomic E-state index is 0.100. The van der Waals surface area contributed by atoms with E-state index >= 15 is 0 Å². The summed E-state index contributed by atoms with van der Waals surface area (Å²) in [5.41, 5.74) is 0. The zero-order valence-corrected chi connectivity index (χ0v) is 56.3. The highest BCUT2D eigenvalue weighted by Gasteiger charge is 2.30. The first-order chi connectivity index (χ1) is 40.1. The first-order valence-electron chi connectivity index (χ1n) is 33.7. The van der Waals surface area contributed by atoms with Gasteiger partial charge in [0.15, 0.2) is 12.2 Å². The van der Waals surface area contributed by atoms with Gasteiger partial charge in [-0.2, -0.15) is 0 Å². The monoisotopic (exact) mass is 1240 g/mol. The maximum absolute atomic E-state index is 13.0. The SMILES string of the molecule is CC(C)CCCCCCCCCCCCC(=O)OC[C@H](COP(=O)(O)OC[C@@H](O)COP(=O)(O)OC[C@@H](COC(=O)CCCCCCCCC(C)C)OC(=O)CCCCCCCCC(C)C)OC(=O)CCCCCCCCCCCCC(C)C. The van der Waals surface area contributed by atoms with Crippen LogP contribution in [0.3, 0.4) is 0 Å². The van der Waals surface area contributed by atoms with E-state index in [1.165, 1.54) is 109 Å². The van der Waals surface area contributed by atoms with Gasteiger partial charge in [0, 0.05) is 25.7 Å². The average molecular weight is 1240 g/mol. The predicted octanol–water partition coefficient (Wildman–Crippen LogP) is 17.8. The van der Waals surface area contributed by atoms with Crippen molar-refractivity contribution in [2.75, 3.05) is 39.6 Å². The van der Waals surface area contributed by atoms with Crippen molar-refractivity contribution < 1.29 is 80.2 Å². The topological polar surface area (TPSA) is 237 Å². The Bertz CT molecular complexity index is 1680. The van der Waals surface area contributed by atoms with E-state index in [9.17, 15) is 43.2 Å². The second kappa shape index (κ2) is 55.2. The van der Waals surface area contributed by atoms with Crippen LogP contribution in [0.1, 0.15) is 312 Å². The van der Waals surface area contributed by atoms with Crippen molar-refractivity contribution >= 4 is 39.5 Å². The molecule has 0 bridgehead atoms. The molecule has 0 aliphatic rings. The van der Waals surface area contributed by atoms with Crippen LogP contribution in [-0.2, 0) is 65.4 Å². The molecule has 0 saturated heterocycles. The summed E-state index contributed by atoms with van der Waals surface area (Å²) in [6.45, 7) is 13.9. The van der Waals surface area contributed by atoms with E-state index in [0.29, 0.717) is 37.5 Å². The van der Waals surface area contributed by atoms with Gasteiger partial charge in [-0.3, -0.25) is 37.3 Å². The van der Waals surface area contributed by atoms with Crippen LogP contribution in [0.25, 0.3) is 0 Å². The molecule has 0 heterocycles. The lowest BCUT2D eigenvalue weighted by Crippen LogP contribution is -2.30. The molecule has 0 aliphatic carbocycles. The number of aliphatic hydroxyl groups is 1. The Kier molecular flexibility index (Phi) is 53.9. The fraction of sp³-hybridized carbons (Fsp3) is 0.938. The molecule has 498 valence electrons. The number of aliphatic hydroxyl groups excluding tert-OH is 1. The van der Waals surface area contributed by atoms with Crippen molar-refractivity contribution in [1.29, 1.82) is 0 Å². The number of ether oxygens (including phenoxy) is 4. The normalized spacial score (nSPS) is 14.4. The first kappa shape index (κ1) is 82.1. The van der Waals surface area contributed by atoms with Gasteiger partial charge in [0.05, 0.1) is 26.4 Å². The number of hydrogen-bond donors (Lipinski definition) is 3. The molecule has 0 radical (unpaired) electrons. The number of hydrogen-bond acceptors (Lipinski definition) is 15. The predicted molar refractivity (Wildman–Crippen MR) is 335 cm³/mol. The standard InChI is InChI=1S/C65H126O17P2/c1-55(2)41-33-25-17-13-9-11-15-19-29-37-45-62(67)75-51-60(81-64(69)47-39-31-20-16-12-10-14-18-26-34-42-56(3)4)53-79-83(71,72)77-49-59(66)50-78-84(73,74)80-54-61(82-65(70)48-40-32-24-22-28-36-44-58(7)8)52-76-63(68)46-38-30-23-21-27-35-43-57(5)6/h55-61,66H,9-54H2,1-8H3,(H,71,72)(H,73,74)/t59-,60-,61-/m1/s1. The quantitative estimate of drug-likeness (QED) is 0.0222. The summed E-state index contributed by atoms with van der Waals surface area (Å²) in [6, 6.07) is 0. The van der Waals surface area contributed by atoms with E-state index in [1.54, 1.807) is 0 Å². The van der Waals surface area contributed by atoms with Crippen molar-refractivity contribution in [3.63, 3.8) is 0 Å². The van der Waals surface area contributed by atoms with Gasteiger partial charge in [0.25, 0.3) is 0 Å². The second-order valence-electron chi connectivity index (χ2n) is 25.4. The van der Waals surface area contributed by atoms with Gasteiger partial charge in [0.1, 0.15) is 19.3 Å². The number of carbonyl (C=O) groups excluding carboxylic acids is 4. The summed E-state index contributed by atoms with van der Waals surface area (Å²) in [7, 11) is -9.89. The summed E-state index contributed by atoms with van der Waals surface area (Å²) in [5, 5.41) is 10.5. The Morgan fingerprint density at radius 3 is 0.738 bits per heavy atom. The highest BCUT2D eigenvalue weighted by Crippen LogP contribution is 2.45. The summed E-state index contributed by atoms with van der Waals surface area (Å²) >= 11 is 0. The van der Waals surface area contributed by atoms with Crippen molar-refractivity contribution in [2.24, 2.45) is 23.7 Å². The molecule has 0 rings (SSSR count). The molecule has 0 aliphatic heterocycles. The van der Waals surface area contributed by atoms with E-state index in [2.05, 4.69) is 55.4 Å². The van der Waals surface area contributed by atoms with Gasteiger partial charge in [-0.05, 0) is 49.4 Å². The van der Waals surface area contributed by atoms with Crippen molar-refractivity contribution in [3.05, 3.63) is 0 Å². The van der Waals surface area contributed by atoms with E-state index in [4.69, 9.17) is 37.0 Å². The van der Waals surface area contributed by atoms with Crippen LogP contribution in [0.15, 0.2) is 0 Å². The Labute approximate surface area is 511 Å². The molecule has 3 N–H and O–H groups in total. The summed E-state index contributed by atoms with van der Waals surface area (Å²) in [5.74, 6) is 0.717. The van der Waals surface area contributed by atoms with Gasteiger partial charge in [-0.1, -0.05) is 261 Å². The largest absolute Gasteiger partial charge is 0.472 e. The van der Waals surface area contributed by atoms with E-state index in [1.807, 2.05) is 0 Å². The van der Waals surface area contributed by atoms with Crippen molar-refractivity contribution in [3.8, 4) is 0 Å². The van der Waals surface area contributed by atoms with Gasteiger partial charge >= 0.3 is 39.5 Å². The van der Waals surface area contributed by atoms with Gasteiger partial charge in [0.2, 0.25) is 0 Å². The lowest BCUT2D eigenvalue weighted by atomic mass is 10.0. The third-order valence-corrected chi connectivity index (χ3v) is 16.7. The summed E-state index contributed by atoms with van der Waals surface area (Å²) < 4.78 is 68.0. The van der Waals surface area contributed by atoms with Crippen LogP contribution >= 0.6 is 15.6 Å². The molecule has 19 heteroatoms. The van der Waals surface area contributed by atoms with Crippen molar-refractivity contribution in [2.45, 2.75) is 331 Å². The number of phosphoric acid groups is 2. The number of rotatable bonds is 62. The molecule has 5 atom stereocenters. The Morgan fingerprint density at radius 2 is 0.500 bits per heavy atom. The van der Waals surface area contributed by atoms with Gasteiger partial charge < -0.3 is 33.8 Å². The second-order valence-corrected chi connectivity index (χ2v) is 28.3. The minimum atomic E-state index is -4.95. The average Bonchev–Trinajstić information content (AvgIpc) is 3.44. The smallest absolute Gasteiger partial charge is 0.462 e. The van der Waals surface area contributed by atoms with E-state index < -0.39 is 97.5 Å².